The van der Waals surface area contributed by atoms with Gasteiger partial charge in [0, 0.05) is 0 Å². The Kier molecular flexibility index (Phi) is 3.67. The van der Waals surface area contributed by atoms with E-state index in [0.717, 1.165) is 0 Å². The molecule has 1 aromatic carbocycles. The maximum Gasteiger partial charge on any atom is 0.415 e. The van der Waals surface area contributed by atoms with E-state index in [9.17, 15) is 14.7 Å². The van der Waals surface area contributed by atoms with Crippen molar-refractivity contribution in [3.8, 4) is 0 Å². The lowest BCUT2D eigenvalue weighted by molar-refractivity contribution is -0.118. The van der Waals surface area contributed by atoms with Gasteiger partial charge in [-0.25, -0.2) is 4.79 Å². The highest BCUT2D eigenvalue weighted by Crippen LogP contribution is 2.32. The maximum absolute atomic E-state index is 12.3. The van der Waals surface area contributed by atoms with Crippen molar-refractivity contribution in [3.05, 3.63) is 24.3 Å². The Labute approximate surface area is 117 Å². The van der Waals surface area contributed by atoms with Crippen molar-refractivity contribution in [1.82, 2.24) is 0 Å². The van der Waals surface area contributed by atoms with Crippen LogP contribution in [-0.4, -0.2) is 35.4 Å². The third-order valence-corrected chi connectivity index (χ3v) is 2.80. The summed E-state index contributed by atoms with van der Waals surface area (Å²) < 4.78 is 5.31. The third kappa shape index (κ3) is 2.75. The molecule has 6 nitrogen and oxygen atoms in total. The van der Waals surface area contributed by atoms with Gasteiger partial charge in [-0.2, -0.15) is 0 Å². The first-order chi connectivity index (χ1) is 9.33. The number of nitrogens with one attached hydrogen (secondary N) is 1. The van der Waals surface area contributed by atoms with E-state index in [1.165, 1.54) is 4.90 Å². The number of carbonyl (C=O) groups is 2. The summed E-state index contributed by atoms with van der Waals surface area (Å²) in [6.45, 7) is 4.76. The zero-order valence-corrected chi connectivity index (χ0v) is 11.7. The number of amides is 2. The van der Waals surface area contributed by atoms with Crippen LogP contribution in [0.5, 0.6) is 0 Å². The van der Waals surface area contributed by atoms with Crippen LogP contribution in [0.4, 0.5) is 16.2 Å². The van der Waals surface area contributed by atoms with Gasteiger partial charge in [0.1, 0.15) is 11.6 Å². The lowest BCUT2D eigenvalue weighted by Crippen LogP contribution is -2.54. The van der Waals surface area contributed by atoms with Crippen molar-refractivity contribution in [1.29, 1.82) is 0 Å². The number of rotatable bonds is 1. The summed E-state index contributed by atoms with van der Waals surface area (Å²) in [6, 6.07) is 5.91. The van der Waals surface area contributed by atoms with Gasteiger partial charge in [-0.3, -0.25) is 9.69 Å². The zero-order chi connectivity index (χ0) is 14.9. The molecule has 1 unspecified atom stereocenters. The lowest BCUT2D eigenvalue weighted by atomic mass is 10.1. The van der Waals surface area contributed by atoms with Crippen LogP contribution in [0.3, 0.4) is 0 Å². The summed E-state index contributed by atoms with van der Waals surface area (Å²) in [6.07, 6.45) is -0.654. The molecule has 2 amide bonds. The predicted octanol–water partition coefficient (Wildman–Crippen LogP) is 1.74. The van der Waals surface area contributed by atoms with Crippen molar-refractivity contribution in [2.24, 2.45) is 0 Å². The normalized spacial score (nSPS) is 18.3. The van der Waals surface area contributed by atoms with Gasteiger partial charge in [0.2, 0.25) is 5.91 Å². The molecule has 0 saturated heterocycles. The number of aliphatic hydroxyl groups excluding tert-OH is 1. The first-order valence-corrected chi connectivity index (χ1v) is 6.36. The Hall–Kier alpha value is -2.08. The molecule has 108 valence electrons. The smallest absolute Gasteiger partial charge is 0.415 e. The Morgan fingerprint density at radius 2 is 2.05 bits per heavy atom. The second kappa shape index (κ2) is 5.13. The van der Waals surface area contributed by atoms with E-state index in [1.807, 2.05) is 0 Å². The summed E-state index contributed by atoms with van der Waals surface area (Å²) >= 11 is 0. The molecule has 1 aliphatic heterocycles. The van der Waals surface area contributed by atoms with E-state index in [1.54, 1.807) is 45.0 Å². The first-order valence-electron chi connectivity index (χ1n) is 6.36. The number of aliphatic hydroxyl groups is 1. The van der Waals surface area contributed by atoms with E-state index in [0.29, 0.717) is 11.4 Å². The van der Waals surface area contributed by atoms with Crippen molar-refractivity contribution >= 4 is 23.4 Å². The van der Waals surface area contributed by atoms with Crippen LogP contribution in [0, 0.1) is 0 Å². The highest BCUT2D eigenvalue weighted by molar-refractivity contribution is 6.10. The van der Waals surface area contributed by atoms with Crippen LogP contribution in [0.15, 0.2) is 24.3 Å². The minimum Gasteiger partial charge on any atom is -0.443 e. The summed E-state index contributed by atoms with van der Waals surface area (Å²) in [4.78, 5) is 25.4. The summed E-state index contributed by atoms with van der Waals surface area (Å²) in [5, 5.41) is 12.1. The van der Waals surface area contributed by atoms with Gasteiger partial charge < -0.3 is 15.2 Å². The van der Waals surface area contributed by atoms with E-state index < -0.39 is 30.3 Å². The van der Waals surface area contributed by atoms with Crippen molar-refractivity contribution in [2.75, 3.05) is 16.8 Å². The van der Waals surface area contributed by atoms with Gasteiger partial charge in [-0.1, -0.05) is 12.1 Å². The Morgan fingerprint density at radius 3 is 2.65 bits per heavy atom. The molecule has 6 heteroatoms. The molecule has 2 N–H and O–H groups in total. The van der Waals surface area contributed by atoms with Gasteiger partial charge >= 0.3 is 6.09 Å². The molecular formula is C14H18N2O4. The number of para-hydroxylation sites is 2. The minimum absolute atomic E-state index is 0.433. The largest absolute Gasteiger partial charge is 0.443 e. The highest BCUT2D eigenvalue weighted by atomic mass is 16.6. The number of anilines is 2. The van der Waals surface area contributed by atoms with Gasteiger partial charge in [0.05, 0.1) is 18.0 Å². The standard InChI is InChI=1S/C14H18N2O4/c1-14(2,3)20-13(19)16-10-7-5-4-6-9(10)15-12(18)11(16)8-17/h4-7,11,17H,8H2,1-3H3,(H,15,18). The van der Waals surface area contributed by atoms with Gasteiger partial charge in [0.25, 0.3) is 0 Å². The summed E-state index contributed by atoms with van der Waals surface area (Å²) in [7, 11) is 0. The third-order valence-electron chi connectivity index (χ3n) is 2.80. The predicted molar refractivity (Wildman–Crippen MR) is 74.7 cm³/mol. The van der Waals surface area contributed by atoms with E-state index in [2.05, 4.69) is 5.32 Å². The average molecular weight is 278 g/mol. The molecule has 0 fully saturated rings. The molecule has 0 bridgehead atoms. The Balaban J connectivity index is 2.41. The number of carbonyl (C=O) groups excluding carboxylic acids is 2. The quantitative estimate of drug-likeness (QED) is 0.820. The van der Waals surface area contributed by atoms with Crippen molar-refractivity contribution in [2.45, 2.75) is 32.4 Å². The fourth-order valence-electron chi connectivity index (χ4n) is 1.99. The molecule has 0 aromatic heterocycles. The minimum atomic E-state index is -0.986. The van der Waals surface area contributed by atoms with E-state index in [4.69, 9.17) is 4.74 Å². The first kappa shape index (κ1) is 14.3. The molecule has 1 aliphatic rings. The molecule has 1 atom stereocenters. The summed E-state index contributed by atoms with van der Waals surface area (Å²) in [5.41, 5.74) is 0.355. The maximum atomic E-state index is 12.3. The average Bonchev–Trinajstić information content (AvgIpc) is 2.34. The topological polar surface area (TPSA) is 78.9 Å². The fourth-order valence-corrected chi connectivity index (χ4v) is 1.99. The van der Waals surface area contributed by atoms with E-state index >= 15 is 0 Å². The molecule has 2 rings (SSSR count). The molecule has 20 heavy (non-hydrogen) atoms. The Morgan fingerprint density at radius 1 is 1.40 bits per heavy atom. The number of hydrogen-bond acceptors (Lipinski definition) is 4. The summed E-state index contributed by atoms with van der Waals surface area (Å²) in [5.74, 6) is -0.433. The number of benzene rings is 1. The van der Waals surface area contributed by atoms with Gasteiger partial charge in [0.15, 0.2) is 0 Å². The number of fused-ring (bicyclic) bond motifs is 1. The van der Waals surface area contributed by atoms with Crippen LogP contribution in [0.2, 0.25) is 0 Å². The molecule has 0 saturated carbocycles. The second-order valence-electron chi connectivity index (χ2n) is 5.56. The van der Waals surface area contributed by atoms with E-state index in [-0.39, 0.29) is 0 Å². The molecule has 1 heterocycles. The fraction of sp³-hybridized carbons (Fsp3) is 0.429. The van der Waals surface area contributed by atoms with Crippen LogP contribution in [0.25, 0.3) is 0 Å². The number of ether oxygens (including phenoxy) is 1. The zero-order valence-electron chi connectivity index (χ0n) is 11.7. The monoisotopic (exact) mass is 278 g/mol. The SMILES string of the molecule is CC(C)(C)OC(=O)N1c2ccccc2NC(=O)C1CO. The molecule has 1 aromatic rings. The molecular weight excluding hydrogens is 260 g/mol. The van der Waals surface area contributed by atoms with Gasteiger partial charge in [-0.05, 0) is 32.9 Å². The molecule has 0 aliphatic carbocycles. The van der Waals surface area contributed by atoms with Crippen LogP contribution in [0.1, 0.15) is 20.8 Å². The second-order valence-corrected chi connectivity index (χ2v) is 5.56. The van der Waals surface area contributed by atoms with Crippen LogP contribution < -0.4 is 10.2 Å². The molecule has 0 spiro atoms. The van der Waals surface area contributed by atoms with Crippen LogP contribution >= 0.6 is 0 Å². The molecule has 0 radical (unpaired) electrons. The van der Waals surface area contributed by atoms with Crippen LogP contribution in [-0.2, 0) is 9.53 Å². The number of nitrogens with zero attached hydrogens (tertiary/aromatic N) is 1. The lowest BCUT2D eigenvalue weighted by Gasteiger charge is -2.36. The van der Waals surface area contributed by atoms with Gasteiger partial charge in [-0.15, -0.1) is 0 Å². The number of hydrogen-bond donors (Lipinski definition) is 2. The Bertz CT molecular complexity index is 536. The van der Waals surface area contributed by atoms with Crippen molar-refractivity contribution < 1.29 is 19.4 Å². The highest BCUT2D eigenvalue weighted by Gasteiger charge is 2.38. The van der Waals surface area contributed by atoms with Crippen molar-refractivity contribution in [3.63, 3.8) is 0 Å².